The van der Waals surface area contributed by atoms with E-state index in [1.165, 1.54) is 6.92 Å². The summed E-state index contributed by atoms with van der Waals surface area (Å²) in [5.74, 6) is -1.59. The zero-order valence-corrected chi connectivity index (χ0v) is 9.73. The highest BCUT2D eigenvalue weighted by Crippen LogP contribution is 2.24. The van der Waals surface area contributed by atoms with Crippen molar-refractivity contribution in [1.29, 1.82) is 0 Å². The molecule has 94 valence electrons. The van der Waals surface area contributed by atoms with Crippen LogP contribution in [0.1, 0.15) is 32.6 Å². The molecule has 6 nitrogen and oxygen atoms in total. The van der Waals surface area contributed by atoms with E-state index in [4.69, 9.17) is 0 Å². The summed E-state index contributed by atoms with van der Waals surface area (Å²) in [5, 5.41) is 12.2. The van der Waals surface area contributed by atoms with E-state index < -0.39 is 11.5 Å². The molecule has 1 unspecified atom stereocenters. The van der Waals surface area contributed by atoms with Crippen LogP contribution >= 0.6 is 0 Å². The van der Waals surface area contributed by atoms with Crippen LogP contribution < -0.4 is 5.32 Å². The second-order valence-corrected chi connectivity index (χ2v) is 4.93. The zero-order chi connectivity index (χ0) is 12.6. The molecule has 0 radical (unpaired) electrons. The standard InChI is InChI=1S/C11H16N2O4/c1-11(10(16)17,12-7-2-3-7)6-13-8(14)4-5-9(13)15/h7,12H,2-6H2,1H3,(H,16,17). The Balaban J connectivity index is 2.08. The first kappa shape index (κ1) is 12.0. The van der Waals surface area contributed by atoms with Crippen molar-refractivity contribution in [2.24, 2.45) is 0 Å². The number of amides is 2. The van der Waals surface area contributed by atoms with E-state index in [0.717, 1.165) is 17.7 Å². The maximum atomic E-state index is 11.5. The Hall–Kier alpha value is -1.43. The highest BCUT2D eigenvalue weighted by molar-refractivity contribution is 6.02. The van der Waals surface area contributed by atoms with Gasteiger partial charge in [0.05, 0.1) is 6.54 Å². The minimum Gasteiger partial charge on any atom is -0.480 e. The lowest BCUT2D eigenvalue weighted by atomic mass is 10.0. The van der Waals surface area contributed by atoms with Crippen LogP contribution in [0.2, 0.25) is 0 Å². The molecule has 1 aliphatic carbocycles. The number of nitrogens with zero attached hydrogens (tertiary/aromatic N) is 1. The molecule has 1 aliphatic heterocycles. The van der Waals surface area contributed by atoms with Gasteiger partial charge in [-0.05, 0) is 19.8 Å². The van der Waals surface area contributed by atoms with E-state index in [2.05, 4.69) is 5.32 Å². The third kappa shape index (κ3) is 2.46. The molecule has 2 amide bonds. The number of likely N-dealkylation sites (tertiary alicyclic amines) is 1. The Morgan fingerprint density at radius 2 is 1.94 bits per heavy atom. The van der Waals surface area contributed by atoms with Gasteiger partial charge >= 0.3 is 5.97 Å². The van der Waals surface area contributed by atoms with Crippen LogP contribution in [0.5, 0.6) is 0 Å². The first-order valence-electron chi connectivity index (χ1n) is 5.77. The van der Waals surface area contributed by atoms with E-state index in [1.807, 2.05) is 0 Å². The molecular formula is C11H16N2O4. The van der Waals surface area contributed by atoms with Gasteiger partial charge in [-0.25, -0.2) is 0 Å². The van der Waals surface area contributed by atoms with Crippen LogP contribution in [-0.2, 0) is 14.4 Å². The molecule has 2 aliphatic rings. The van der Waals surface area contributed by atoms with E-state index in [1.54, 1.807) is 0 Å². The SMILES string of the molecule is CC(CN1C(=O)CCC1=O)(NC1CC1)C(=O)O. The lowest BCUT2D eigenvalue weighted by molar-refractivity contribution is -0.148. The van der Waals surface area contributed by atoms with Gasteiger partial charge in [0, 0.05) is 18.9 Å². The molecule has 1 heterocycles. The summed E-state index contributed by atoms with van der Waals surface area (Å²) in [6.45, 7) is 1.43. The predicted octanol–water partition coefficient (Wildman–Crippen LogP) is -0.269. The molecule has 2 fully saturated rings. The second kappa shape index (κ2) is 4.10. The molecule has 0 aromatic rings. The normalized spacial score (nSPS) is 23.9. The van der Waals surface area contributed by atoms with Crippen molar-refractivity contribution >= 4 is 17.8 Å². The van der Waals surface area contributed by atoms with Crippen molar-refractivity contribution in [2.45, 2.75) is 44.2 Å². The zero-order valence-electron chi connectivity index (χ0n) is 9.73. The molecule has 1 saturated carbocycles. The van der Waals surface area contributed by atoms with Crippen molar-refractivity contribution in [1.82, 2.24) is 10.2 Å². The predicted molar refractivity (Wildman–Crippen MR) is 58.2 cm³/mol. The number of rotatable bonds is 5. The Morgan fingerprint density at radius 3 is 2.35 bits per heavy atom. The summed E-state index contributed by atoms with van der Waals surface area (Å²) in [5.41, 5.74) is -1.24. The number of nitrogens with one attached hydrogen (secondary N) is 1. The fourth-order valence-corrected chi connectivity index (χ4v) is 1.97. The topological polar surface area (TPSA) is 86.7 Å². The van der Waals surface area contributed by atoms with E-state index in [9.17, 15) is 19.5 Å². The lowest BCUT2D eigenvalue weighted by Crippen LogP contribution is -2.58. The summed E-state index contributed by atoms with van der Waals surface area (Å²) in [7, 11) is 0. The smallest absolute Gasteiger partial charge is 0.325 e. The van der Waals surface area contributed by atoms with Crippen LogP contribution in [0.3, 0.4) is 0 Å². The Labute approximate surface area is 99.0 Å². The van der Waals surface area contributed by atoms with Gasteiger partial charge in [0.1, 0.15) is 5.54 Å². The van der Waals surface area contributed by atoms with Gasteiger partial charge in [0.2, 0.25) is 11.8 Å². The Morgan fingerprint density at radius 1 is 1.41 bits per heavy atom. The molecule has 0 aromatic carbocycles. The van der Waals surface area contributed by atoms with Crippen LogP contribution in [0.15, 0.2) is 0 Å². The average Bonchev–Trinajstić information content (AvgIpc) is 3.00. The van der Waals surface area contributed by atoms with Crippen molar-refractivity contribution in [3.8, 4) is 0 Å². The van der Waals surface area contributed by atoms with E-state index in [-0.39, 0.29) is 37.2 Å². The number of aliphatic carboxylic acids is 1. The number of carbonyl (C=O) groups excluding carboxylic acids is 2. The van der Waals surface area contributed by atoms with Gasteiger partial charge in [-0.1, -0.05) is 0 Å². The number of carboxylic acid groups (broad SMARTS) is 1. The minimum atomic E-state index is -1.24. The summed E-state index contributed by atoms with van der Waals surface area (Å²) in [4.78, 5) is 35.3. The first-order valence-corrected chi connectivity index (χ1v) is 5.77. The van der Waals surface area contributed by atoms with Gasteiger partial charge in [-0.3, -0.25) is 24.6 Å². The molecule has 0 bridgehead atoms. The molecule has 0 spiro atoms. The molecule has 17 heavy (non-hydrogen) atoms. The molecule has 0 aromatic heterocycles. The monoisotopic (exact) mass is 240 g/mol. The highest BCUT2D eigenvalue weighted by atomic mass is 16.4. The maximum absolute atomic E-state index is 11.5. The molecule has 2 rings (SSSR count). The van der Waals surface area contributed by atoms with Gasteiger partial charge in [-0.2, -0.15) is 0 Å². The Bertz CT molecular complexity index is 362. The van der Waals surface area contributed by atoms with Crippen molar-refractivity contribution in [3.05, 3.63) is 0 Å². The quantitative estimate of drug-likeness (QED) is 0.646. The molecular weight excluding hydrogens is 224 g/mol. The van der Waals surface area contributed by atoms with Crippen molar-refractivity contribution < 1.29 is 19.5 Å². The third-order valence-corrected chi connectivity index (χ3v) is 3.20. The summed E-state index contributed by atoms with van der Waals surface area (Å²) < 4.78 is 0. The first-order chi connectivity index (χ1) is 7.92. The van der Waals surface area contributed by atoms with Crippen LogP contribution in [0.25, 0.3) is 0 Å². The van der Waals surface area contributed by atoms with E-state index in [0.29, 0.717) is 0 Å². The third-order valence-electron chi connectivity index (χ3n) is 3.20. The van der Waals surface area contributed by atoms with Gasteiger partial charge in [-0.15, -0.1) is 0 Å². The highest BCUT2D eigenvalue weighted by Gasteiger charge is 2.43. The van der Waals surface area contributed by atoms with Crippen LogP contribution in [0, 0.1) is 0 Å². The summed E-state index contributed by atoms with van der Waals surface area (Å²) >= 11 is 0. The van der Waals surface area contributed by atoms with E-state index >= 15 is 0 Å². The fourth-order valence-electron chi connectivity index (χ4n) is 1.97. The van der Waals surface area contributed by atoms with Crippen molar-refractivity contribution in [3.63, 3.8) is 0 Å². The molecule has 6 heteroatoms. The van der Waals surface area contributed by atoms with Crippen LogP contribution in [-0.4, -0.2) is 45.9 Å². The van der Waals surface area contributed by atoms with Gasteiger partial charge in [0.15, 0.2) is 0 Å². The van der Waals surface area contributed by atoms with Crippen molar-refractivity contribution in [2.75, 3.05) is 6.54 Å². The maximum Gasteiger partial charge on any atom is 0.325 e. The lowest BCUT2D eigenvalue weighted by Gasteiger charge is -2.30. The fraction of sp³-hybridized carbons (Fsp3) is 0.727. The number of hydrogen-bond donors (Lipinski definition) is 2. The number of imide groups is 1. The summed E-state index contributed by atoms with van der Waals surface area (Å²) in [6.07, 6.45) is 2.28. The molecule has 2 N–H and O–H groups in total. The molecule has 1 saturated heterocycles. The Kier molecular flexibility index (Phi) is 2.91. The average molecular weight is 240 g/mol. The van der Waals surface area contributed by atoms with Gasteiger partial charge in [0.25, 0.3) is 0 Å². The largest absolute Gasteiger partial charge is 0.480 e. The molecule has 1 atom stereocenters. The summed E-state index contributed by atoms with van der Waals surface area (Å²) in [6, 6.07) is 0.198. The number of carbonyl (C=O) groups is 3. The number of carboxylic acids is 1. The van der Waals surface area contributed by atoms with Crippen LogP contribution in [0.4, 0.5) is 0 Å². The minimum absolute atomic E-state index is 0.0868. The number of hydrogen-bond acceptors (Lipinski definition) is 4. The second-order valence-electron chi connectivity index (χ2n) is 4.93. The van der Waals surface area contributed by atoms with Gasteiger partial charge < -0.3 is 5.11 Å².